The fraction of sp³-hybridized carbons (Fsp3) is 0.455. The van der Waals surface area contributed by atoms with E-state index in [0.29, 0.717) is 12.0 Å². The van der Waals surface area contributed by atoms with E-state index in [2.05, 4.69) is 9.82 Å². The number of aliphatic hydroxyl groups is 2. The zero-order valence-electron chi connectivity index (χ0n) is 19.1. The van der Waals surface area contributed by atoms with Crippen molar-refractivity contribution in [2.45, 2.75) is 50.8 Å². The van der Waals surface area contributed by atoms with Crippen molar-refractivity contribution in [2.75, 3.05) is 13.7 Å². The maximum absolute atomic E-state index is 13.4. The van der Waals surface area contributed by atoms with Gasteiger partial charge >= 0.3 is 13.7 Å². The number of ketones is 1. The van der Waals surface area contributed by atoms with Crippen LogP contribution in [0.25, 0.3) is 0 Å². The van der Waals surface area contributed by atoms with Crippen LogP contribution in [0.3, 0.4) is 0 Å². The molecule has 3 rings (SSSR count). The zero-order chi connectivity index (χ0) is 24.9. The Labute approximate surface area is 197 Å². The maximum Gasteiger partial charge on any atom is 0.459 e. The van der Waals surface area contributed by atoms with Crippen LogP contribution in [-0.4, -0.2) is 71.2 Å². The molecular formula is C22H29N2O9P. The van der Waals surface area contributed by atoms with E-state index in [1.54, 1.807) is 48.8 Å². The number of benzene rings is 1. The predicted octanol–water partition coefficient (Wildman–Crippen LogP) is 1.48. The number of nitrogens with one attached hydrogen (secondary N) is 1. The number of para-hydroxylation sites is 1. The van der Waals surface area contributed by atoms with Gasteiger partial charge < -0.3 is 29.1 Å². The lowest BCUT2D eigenvalue weighted by Crippen LogP contribution is -2.40. The summed E-state index contributed by atoms with van der Waals surface area (Å²) in [7, 11) is -2.96. The first-order valence-electron chi connectivity index (χ1n) is 10.7. The molecule has 12 heteroatoms. The summed E-state index contributed by atoms with van der Waals surface area (Å²) in [6.45, 7) is 2.44. The van der Waals surface area contributed by atoms with Gasteiger partial charge in [0.1, 0.15) is 30.1 Å². The molecule has 0 amide bonds. The highest BCUT2D eigenvalue weighted by atomic mass is 31.2. The Morgan fingerprint density at radius 2 is 1.97 bits per heavy atom. The first-order chi connectivity index (χ1) is 16.1. The number of ether oxygens (including phenoxy) is 2. The fourth-order valence-electron chi connectivity index (χ4n) is 3.43. The van der Waals surface area contributed by atoms with E-state index >= 15 is 0 Å². The minimum absolute atomic E-state index is 0.118. The third-order valence-electron chi connectivity index (χ3n) is 5.29. The Bertz CT molecular complexity index is 984. The molecule has 1 fully saturated rings. The highest BCUT2D eigenvalue weighted by molar-refractivity contribution is 7.52. The molecular weight excluding hydrogens is 467 g/mol. The second-order valence-electron chi connectivity index (χ2n) is 7.86. The molecule has 0 radical (unpaired) electrons. The molecule has 1 aromatic rings. The molecule has 0 bridgehead atoms. The topological polar surface area (TPSA) is 144 Å². The van der Waals surface area contributed by atoms with Crippen LogP contribution in [0.4, 0.5) is 0 Å². The average molecular weight is 496 g/mol. The van der Waals surface area contributed by atoms with Gasteiger partial charge in [-0.1, -0.05) is 24.3 Å². The number of hydrogen-bond acceptors (Lipinski definition) is 10. The first-order valence-corrected chi connectivity index (χ1v) is 12.2. The number of esters is 1. The van der Waals surface area contributed by atoms with E-state index < -0.39 is 50.9 Å². The van der Waals surface area contributed by atoms with Crippen molar-refractivity contribution in [3.63, 3.8) is 0 Å². The standard InChI is InChI=1S/C22H29N2O9P/c1-14(22(28)30-3)23-34(29,33-17-9-5-4-6-10-17)31-13-18-19(26)20(27)21(32-18)24-11-7-8-16(12-24)15(2)25/h4-7,9-12,14,18-21,26-27H,8,13H2,1-3H3,(H,23,29)/t14-,18+,19+,20+,21+,34?/m0/s1. The van der Waals surface area contributed by atoms with Crippen LogP contribution >= 0.6 is 7.75 Å². The Balaban J connectivity index is 1.72. The van der Waals surface area contributed by atoms with Gasteiger partial charge in [-0.25, -0.2) is 4.57 Å². The molecule has 3 N–H and O–H groups in total. The number of carbonyl (C=O) groups excluding carboxylic acids is 2. The third kappa shape index (κ3) is 6.32. The summed E-state index contributed by atoms with van der Waals surface area (Å²) in [6.07, 6.45) is 0.596. The van der Waals surface area contributed by atoms with Crippen LogP contribution in [0.15, 0.2) is 54.4 Å². The highest BCUT2D eigenvalue weighted by Gasteiger charge is 2.46. The molecule has 2 aliphatic heterocycles. The lowest BCUT2D eigenvalue weighted by Gasteiger charge is -2.28. The van der Waals surface area contributed by atoms with Gasteiger partial charge in [-0.05, 0) is 32.4 Å². The summed E-state index contributed by atoms with van der Waals surface area (Å²) >= 11 is 0. The first kappa shape index (κ1) is 26.1. The zero-order valence-corrected chi connectivity index (χ0v) is 20.0. The summed E-state index contributed by atoms with van der Waals surface area (Å²) in [6, 6.07) is 7.17. The van der Waals surface area contributed by atoms with Gasteiger partial charge in [-0.15, -0.1) is 0 Å². The number of hydrogen-bond donors (Lipinski definition) is 3. The summed E-state index contributed by atoms with van der Waals surface area (Å²) in [5, 5.41) is 23.5. The summed E-state index contributed by atoms with van der Waals surface area (Å²) in [5.74, 6) is -0.577. The monoisotopic (exact) mass is 496 g/mol. The number of allylic oxidation sites excluding steroid dienone is 2. The Hall–Kier alpha value is -2.53. The predicted molar refractivity (Wildman–Crippen MR) is 120 cm³/mol. The lowest BCUT2D eigenvalue weighted by molar-refractivity contribution is -0.142. The van der Waals surface area contributed by atoms with Gasteiger partial charge in [0.05, 0.1) is 13.7 Å². The molecule has 2 aliphatic rings. The molecule has 11 nitrogen and oxygen atoms in total. The minimum atomic E-state index is -4.15. The van der Waals surface area contributed by atoms with Gasteiger partial charge in [0.25, 0.3) is 0 Å². The number of Topliss-reactive ketones (excluding diaryl/α,β-unsaturated/α-hetero) is 1. The van der Waals surface area contributed by atoms with E-state index in [1.807, 2.05) is 0 Å². The Kier molecular flexibility index (Phi) is 8.64. The molecule has 1 aromatic carbocycles. The van der Waals surface area contributed by atoms with Gasteiger partial charge in [-0.3, -0.25) is 14.1 Å². The van der Waals surface area contributed by atoms with Crippen LogP contribution in [0.1, 0.15) is 20.3 Å². The van der Waals surface area contributed by atoms with E-state index in [-0.39, 0.29) is 11.5 Å². The van der Waals surface area contributed by atoms with Crippen molar-refractivity contribution in [2.24, 2.45) is 0 Å². The van der Waals surface area contributed by atoms with Crippen LogP contribution in [0, 0.1) is 0 Å². The van der Waals surface area contributed by atoms with Crippen LogP contribution < -0.4 is 9.61 Å². The van der Waals surface area contributed by atoms with Crippen molar-refractivity contribution in [1.29, 1.82) is 0 Å². The Morgan fingerprint density at radius 1 is 1.26 bits per heavy atom. The molecule has 6 atom stereocenters. The number of nitrogens with zero attached hydrogens (tertiary/aromatic N) is 1. The van der Waals surface area contributed by atoms with Gasteiger partial charge in [-0.2, -0.15) is 5.09 Å². The molecule has 0 spiro atoms. The van der Waals surface area contributed by atoms with Crippen molar-refractivity contribution in [3.05, 3.63) is 54.4 Å². The number of aliphatic hydroxyl groups excluding tert-OH is 2. The van der Waals surface area contributed by atoms with Gasteiger partial charge in [0.15, 0.2) is 12.0 Å². The van der Waals surface area contributed by atoms with E-state index in [4.69, 9.17) is 13.8 Å². The molecule has 1 saturated heterocycles. The van der Waals surface area contributed by atoms with Crippen LogP contribution in [0.5, 0.6) is 5.75 Å². The average Bonchev–Trinajstić information content (AvgIpc) is 3.11. The molecule has 0 aromatic heterocycles. The second-order valence-corrected chi connectivity index (χ2v) is 9.56. The smallest absolute Gasteiger partial charge is 0.459 e. The normalized spacial score (nSPS) is 27.0. The van der Waals surface area contributed by atoms with Crippen molar-refractivity contribution < 1.29 is 42.9 Å². The lowest BCUT2D eigenvalue weighted by atomic mass is 10.1. The van der Waals surface area contributed by atoms with Gasteiger partial charge in [0.2, 0.25) is 0 Å². The molecule has 1 unspecified atom stereocenters. The van der Waals surface area contributed by atoms with Gasteiger partial charge in [0, 0.05) is 18.0 Å². The molecule has 34 heavy (non-hydrogen) atoms. The van der Waals surface area contributed by atoms with E-state index in [0.717, 1.165) is 0 Å². The maximum atomic E-state index is 13.4. The fourth-order valence-corrected chi connectivity index (χ4v) is 4.93. The summed E-state index contributed by atoms with van der Waals surface area (Å²) < 4.78 is 34.9. The molecule has 186 valence electrons. The second kappa shape index (κ2) is 11.3. The van der Waals surface area contributed by atoms with Crippen molar-refractivity contribution in [3.8, 4) is 5.75 Å². The summed E-state index contributed by atoms with van der Waals surface area (Å²) in [5.41, 5.74) is 0.522. The summed E-state index contributed by atoms with van der Waals surface area (Å²) in [4.78, 5) is 25.0. The number of rotatable bonds is 10. The van der Waals surface area contributed by atoms with Crippen LogP contribution in [-0.2, 0) is 28.2 Å². The largest absolute Gasteiger partial charge is 0.468 e. The Morgan fingerprint density at radius 3 is 2.62 bits per heavy atom. The van der Waals surface area contributed by atoms with Crippen molar-refractivity contribution >= 4 is 19.5 Å². The van der Waals surface area contributed by atoms with E-state index in [1.165, 1.54) is 25.9 Å². The third-order valence-corrected chi connectivity index (χ3v) is 6.93. The molecule has 0 saturated carbocycles. The minimum Gasteiger partial charge on any atom is -0.468 e. The highest BCUT2D eigenvalue weighted by Crippen LogP contribution is 2.45. The molecule has 2 heterocycles. The molecule has 0 aliphatic carbocycles. The number of carbonyl (C=O) groups is 2. The van der Waals surface area contributed by atoms with Crippen LogP contribution in [0.2, 0.25) is 0 Å². The van der Waals surface area contributed by atoms with E-state index in [9.17, 15) is 24.4 Å². The number of methoxy groups -OCH3 is 1. The quantitative estimate of drug-likeness (QED) is 0.320. The SMILES string of the molecule is COC(=O)[C@H](C)NP(=O)(OC[C@H]1O[C@@H](N2C=CCC(C(C)=O)=C2)[C@H](O)[C@@H]1O)Oc1ccccc1. The van der Waals surface area contributed by atoms with Crippen molar-refractivity contribution in [1.82, 2.24) is 9.99 Å².